The van der Waals surface area contributed by atoms with E-state index in [1.165, 1.54) is 53.7 Å². The van der Waals surface area contributed by atoms with E-state index in [1.807, 2.05) is 38.1 Å². The zero-order valence-corrected chi connectivity index (χ0v) is 31.0. The number of esters is 6. The zero-order chi connectivity index (χ0) is 39.3. The molecule has 278 valence electrons. The number of ether oxygens (including phenoxy) is 6. The highest BCUT2D eigenvalue weighted by Gasteiger charge is 2.69. The molecule has 2 aliphatic carbocycles. The van der Waals surface area contributed by atoms with Crippen LogP contribution in [0.25, 0.3) is 0 Å². The second kappa shape index (κ2) is 13.9. The van der Waals surface area contributed by atoms with Crippen LogP contribution >= 0.6 is 0 Å². The Hall–Kier alpha value is -6.30. The average Bonchev–Trinajstić information content (AvgIpc) is 3.38. The molecule has 6 rings (SSSR count). The summed E-state index contributed by atoms with van der Waals surface area (Å²) in [5.41, 5.74) is 1.93. The van der Waals surface area contributed by atoms with Gasteiger partial charge in [-0.15, -0.1) is 0 Å². The highest BCUT2D eigenvalue weighted by molar-refractivity contribution is 5.80. The van der Waals surface area contributed by atoms with E-state index in [0.29, 0.717) is 33.8 Å². The second-order valence-corrected chi connectivity index (χ2v) is 13.7. The molecule has 0 spiro atoms. The first kappa shape index (κ1) is 37.5. The summed E-state index contributed by atoms with van der Waals surface area (Å²) in [6.45, 7) is 11.7. The molecule has 0 saturated heterocycles. The maximum absolute atomic E-state index is 12.7. The largest absolute Gasteiger partial charge is 0.427 e. The molecule has 0 radical (unpaired) electrons. The van der Waals surface area contributed by atoms with Gasteiger partial charge in [0.2, 0.25) is 0 Å². The first-order chi connectivity index (χ1) is 25.4. The van der Waals surface area contributed by atoms with E-state index in [-0.39, 0.29) is 23.0 Å². The molecule has 0 N–H and O–H groups in total. The van der Waals surface area contributed by atoms with Gasteiger partial charge < -0.3 is 28.4 Å². The number of hydrogen-bond donors (Lipinski definition) is 0. The molecule has 0 amide bonds. The Labute approximate surface area is 311 Å². The predicted octanol–water partition coefficient (Wildman–Crippen LogP) is 6.75. The van der Waals surface area contributed by atoms with E-state index < -0.39 is 58.5 Å². The van der Waals surface area contributed by atoms with Crippen LogP contribution in [-0.2, 0) is 39.6 Å². The topological polar surface area (TPSA) is 158 Å². The van der Waals surface area contributed by atoms with Crippen LogP contribution in [0.1, 0.15) is 101 Å². The van der Waals surface area contributed by atoms with Crippen molar-refractivity contribution in [3.05, 3.63) is 106 Å². The Morgan fingerprint density at radius 2 is 0.685 bits per heavy atom. The van der Waals surface area contributed by atoms with Crippen molar-refractivity contribution in [3.8, 4) is 34.5 Å². The van der Waals surface area contributed by atoms with Crippen LogP contribution in [0.2, 0.25) is 0 Å². The van der Waals surface area contributed by atoms with E-state index in [1.54, 1.807) is 36.4 Å². The molecule has 4 aromatic rings. The SMILES string of the molecule is CC(=O)Oc1ccc([C@@H]2c3c(OC(C)=O)cc(OC(C)=O)cc3[C@@]3(C)[C@H](c4ccc(OC(C)=O)cc4)c4c(OC(C)=O)cc(OC(C)=O)cc4[C@@]23C)cc1. The third-order valence-corrected chi connectivity index (χ3v) is 10.1. The molecule has 54 heavy (non-hydrogen) atoms. The number of fused-ring (bicyclic) bond motifs is 5. The number of carbonyl (C=O) groups is 6. The lowest BCUT2D eigenvalue weighted by Crippen LogP contribution is -2.43. The number of rotatable bonds is 8. The van der Waals surface area contributed by atoms with Crippen molar-refractivity contribution < 1.29 is 57.2 Å². The van der Waals surface area contributed by atoms with E-state index in [4.69, 9.17) is 28.4 Å². The van der Waals surface area contributed by atoms with Gasteiger partial charge in [0.25, 0.3) is 0 Å². The molecule has 4 aromatic carbocycles. The first-order valence-corrected chi connectivity index (χ1v) is 17.1. The molecule has 0 fully saturated rings. The molecular weight excluding hydrogens is 696 g/mol. The molecule has 12 heteroatoms. The van der Waals surface area contributed by atoms with Gasteiger partial charge in [-0.1, -0.05) is 38.1 Å². The molecule has 0 aromatic heterocycles. The van der Waals surface area contributed by atoms with Gasteiger partial charge in [0.05, 0.1) is 0 Å². The molecule has 12 nitrogen and oxygen atoms in total. The average molecular weight is 735 g/mol. The molecule has 0 bridgehead atoms. The summed E-state index contributed by atoms with van der Waals surface area (Å²) in [5, 5.41) is 0. The number of hydrogen-bond acceptors (Lipinski definition) is 12. The van der Waals surface area contributed by atoms with Crippen molar-refractivity contribution in [2.24, 2.45) is 0 Å². The van der Waals surface area contributed by atoms with Crippen molar-refractivity contribution in [2.45, 2.75) is 78.1 Å². The van der Waals surface area contributed by atoms with E-state index >= 15 is 0 Å². The van der Waals surface area contributed by atoms with Gasteiger partial charge in [-0.3, -0.25) is 28.8 Å². The number of carbonyl (C=O) groups excluding carboxylic acids is 6. The van der Waals surface area contributed by atoms with Crippen LogP contribution < -0.4 is 28.4 Å². The van der Waals surface area contributed by atoms with Crippen LogP contribution in [0.4, 0.5) is 0 Å². The minimum Gasteiger partial charge on any atom is -0.427 e. The minimum absolute atomic E-state index is 0.132. The van der Waals surface area contributed by atoms with Crippen LogP contribution in [0.3, 0.4) is 0 Å². The second-order valence-electron chi connectivity index (χ2n) is 13.7. The van der Waals surface area contributed by atoms with Gasteiger partial charge >= 0.3 is 35.8 Å². The van der Waals surface area contributed by atoms with Gasteiger partial charge in [0, 0.05) is 87.5 Å². The Morgan fingerprint density at radius 3 is 0.963 bits per heavy atom. The van der Waals surface area contributed by atoms with E-state index in [0.717, 1.165) is 11.1 Å². The fourth-order valence-electron chi connectivity index (χ4n) is 8.42. The maximum atomic E-state index is 12.7. The highest BCUT2D eigenvalue weighted by Crippen LogP contribution is 2.75. The van der Waals surface area contributed by atoms with Crippen LogP contribution in [-0.4, -0.2) is 35.8 Å². The summed E-state index contributed by atoms with van der Waals surface area (Å²) < 4.78 is 33.8. The first-order valence-electron chi connectivity index (χ1n) is 17.1. The van der Waals surface area contributed by atoms with Gasteiger partial charge in [0.1, 0.15) is 34.5 Å². The quantitative estimate of drug-likeness (QED) is 0.139. The molecule has 4 atom stereocenters. The molecule has 0 saturated carbocycles. The summed E-state index contributed by atoms with van der Waals surface area (Å²) in [4.78, 5) is 73.8. The molecule has 0 heterocycles. The van der Waals surface area contributed by atoms with Gasteiger partial charge in [-0.2, -0.15) is 0 Å². The molecule has 0 aliphatic heterocycles. The summed E-state index contributed by atoms with van der Waals surface area (Å²) >= 11 is 0. The highest BCUT2D eigenvalue weighted by atomic mass is 16.6. The van der Waals surface area contributed by atoms with E-state index in [2.05, 4.69) is 0 Å². The van der Waals surface area contributed by atoms with Crippen molar-refractivity contribution in [1.82, 2.24) is 0 Å². The fraction of sp³-hybridized carbons (Fsp3) is 0.286. The number of benzene rings is 4. The normalized spacial score (nSPS) is 20.4. The van der Waals surface area contributed by atoms with Crippen molar-refractivity contribution in [3.63, 3.8) is 0 Å². The third-order valence-electron chi connectivity index (χ3n) is 10.1. The van der Waals surface area contributed by atoms with Gasteiger partial charge in [-0.25, -0.2) is 0 Å². The van der Waals surface area contributed by atoms with Gasteiger partial charge in [0.15, 0.2) is 0 Å². The maximum Gasteiger partial charge on any atom is 0.308 e. The monoisotopic (exact) mass is 734 g/mol. The lowest BCUT2D eigenvalue weighted by Gasteiger charge is -2.43. The Kier molecular flexibility index (Phi) is 9.66. The van der Waals surface area contributed by atoms with Crippen LogP contribution in [0.15, 0.2) is 72.8 Å². The minimum atomic E-state index is -1.04. The Bertz CT molecular complexity index is 2080. The lowest BCUT2D eigenvalue weighted by molar-refractivity contribution is -0.133. The van der Waals surface area contributed by atoms with Crippen LogP contribution in [0, 0.1) is 0 Å². The summed E-state index contributed by atoms with van der Waals surface area (Å²) in [5.74, 6) is -3.46. The predicted molar refractivity (Wildman–Crippen MR) is 192 cm³/mol. The summed E-state index contributed by atoms with van der Waals surface area (Å²) in [7, 11) is 0. The lowest BCUT2D eigenvalue weighted by atomic mass is 9.58. The van der Waals surface area contributed by atoms with Crippen molar-refractivity contribution >= 4 is 35.8 Å². The van der Waals surface area contributed by atoms with E-state index in [9.17, 15) is 28.8 Å². The molecular formula is C42H38O12. The fourth-order valence-corrected chi connectivity index (χ4v) is 8.42. The summed E-state index contributed by atoms with van der Waals surface area (Å²) in [6.07, 6.45) is 0. The molecule has 0 unspecified atom stereocenters. The van der Waals surface area contributed by atoms with Crippen molar-refractivity contribution in [2.75, 3.05) is 0 Å². The van der Waals surface area contributed by atoms with Gasteiger partial charge in [-0.05, 0) is 58.7 Å². The van der Waals surface area contributed by atoms with Crippen LogP contribution in [0.5, 0.6) is 34.5 Å². The molecule has 2 aliphatic rings. The van der Waals surface area contributed by atoms with Crippen molar-refractivity contribution in [1.29, 1.82) is 0 Å². The summed E-state index contributed by atoms with van der Waals surface area (Å²) in [6, 6.07) is 20.4. The standard InChI is InChI=1S/C42H38O12/c1-21(43)49-29-13-9-27(10-14-29)39-37-33(17-31(51-23(3)45)19-35(37)53-25(5)47)42(8)40(28-11-15-30(16-12-28)50-22(2)44)38-34(41(39,42)7)18-32(52-24(4)46)20-36(38)54-26(6)48/h9-20,39-40H,1-8H3/t39-,40-,41+,42+/m1/s1. The smallest absolute Gasteiger partial charge is 0.308 e. The zero-order valence-electron chi connectivity index (χ0n) is 31.0. The Balaban J connectivity index is 1.76. The third kappa shape index (κ3) is 6.48. The Morgan fingerprint density at radius 1 is 0.407 bits per heavy atom.